The van der Waals surface area contributed by atoms with E-state index in [2.05, 4.69) is 196 Å². The molecule has 0 saturated heterocycles. The van der Waals surface area contributed by atoms with Gasteiger partial charge in [0.1, 0.15) is 22.7 Å². The average Bonchev–Trinajstić information content (AvgIpc) is 3.77. The highest BCUT2D eigenvalue weighted by molar-refractivity contribution is 6.07. The van der Waals surface area contributed by atoms with Crippen LogP contribution in [0.4, 0.5) is 11.4 Å². The second-order valence-electron chi connectivity index (χ2n) is 17.5. The molecule has 4 bridgehead atoms. The third-order valence-corrected chi connectivity index (χ3v) is 14.7. The van der Waals surface area contributed by atoms with Gasteiger partial charge in [-0.3, -0.25) is 0 Å². The van der Waals surface area contributed by atoms with Gasteiger partial charge in [-0.15, -0.1) is 0 Å². The molecule has 0 amide bonds. The van der Waals surface area contributed by atoms with Gasteiger partial charge in [-0.25, -0.2) is 0 Å². The molecule has 0 radical (unpaired) electrons. The van der Waals surface area contributed by atoms with E-state index < -0.39 is 11.0 Å². The standard InChI is InChI=1S/C55H41NO2/c1-32-50-49-33(2)52-51(32)55(42-19-11-13-21-47(42)58-52)43-26-22-34-14-8-9-17-38(34)48(43)40-25-23-37(31-44(40)55)56(54(50,4)29-28-53(49,3)35-15-6-5-7-16-35)36-24-27-46-41(30-36)39-18-10-12-20-45(39)57-46/h5-33H,1-4H3. The molecule has 0 fully saturated rings. The van der Waals surface area contributed by atoms with E-state index in [0.29, 0.717) is 0 Å². The van der Waals surface area contributed by atoms with Crippen molar-refractivity contribution >= 4 is 44.1 Å². The summed E-state index contributed by atoms with van der Waals surface area (Å²) in [4.78, 5) is 2.64. The fourth-order valence-electron chi connectivity index (χ4n) is 12.5. The summed E-state index contributed by atoms with van der Waals surface area (Å²) in [5.41, 5.74) is 14.7. The first-order chi connectivity index (χ1) is 28.3. The van der Waals surface area contributed by atoms with Crippen molar-refractivity contribution < 1.29 is 9.15 Å². The predicted octanol–water partition coefficient (Wildman–Crippen LogP) is 13.7. The van der Waals surface area contributed by atoms with E-state index in [1.165, 1.54) is 66.6 Å². The van der Waals surface area contributed by atoms with Crippen molar-refractivity contribution in [1.29, 1.82) is 0 Å². The lowest BCUT2D eigenvalue weighted by atomic mass is 9.52. The average molecular weight is 748 g/mol. The van der Waals surface area contributed by atoms with Gasteiger partial charge < -0.3 is 14.1 Å². The molecular weight excluding hydrogens is 707 g/mol. The molecule has 5 atom stereocenters. The second-order valence-corrected chi connectivity index (χ2v) is 17.5. The first-order valence-electron chi connectivity index (χ1n) is 20.7. The first kappa shape index (κ1) is 32.5. The smallest absolute Gasteiger partial charge is 0.135 e. The van der Waals surface area contributed by atoms with Crippen molar-refractivity contribution in [3.05, 3.63) is 209 Å². The van der Waals surface area contributed by atoms with Crippen molar-refractivity contribution in [1.82, 2.24) is 0 Å². The molecule has 13 rings (SSSR count). The molecule has 0 saturated carbocycles. The summed E-state index contributed by atoms with van der Waals surface area (Å²) in [7, 11) is 0. The number of anilines is 2. The largest absolute Gasteiger partial charge is 0.461 e. The Morgan fingerprint density at radius 2 is 1.26 bits per heavy atom. The number of benzene rings is 7. The summed E-state index contributed by atoms with van der Waals surface area (Å²) in [5.74, 6) is 2.06. The minimum atomic E-state index is -0.562. The minimum Gasteiger partial charge on any atom is -0.461 e. The van der Waals surface area contributed by atoms with E-state index in [9.17, 15) is 0 Å². The number of fused-ring (bicyclic) bond motifs is 9. The summed E-state index contributed by atoms with van der Waals surface area (Å²) in [6.07, 6.45) is 5.02. The maximum absolute atomic E-state index is 7.38. The molecule has 1 aromatic heterocycles. The highest BCUT2D eigenvalue weighted by Gasteiger charge is 2.61. The van der Waals surface area contributed by atoms with Crippen LogP contribution in [0.2, 0.25) is 0 Å². The topological polar surface area (TPSA) is 25.6 Å². The van der Waals surface area contributed by atoms with Crippen LogP contribution in [-0.4, -0.2) is 5.54 Å². The summed E-state index contributed by atoms with van der Waals surface area (Å²) in [5, 5.41) is 4.81. The van der Waals surface area contributed by atoms with Gasteiger partial charge in [0.15, 0.2) is 0 Å². The van der Waals surface area contributed by atoms with Crippen molar-refractivity contribution in [2.75, 3.05) is 4.90 Å². The molecule has 3 aliphatic carbocycles. The monoisotopic (exact) mass is 747 g/mol. The Labute approximate surface area is 338 Å². The molecular formula is C55H41NO2. The first-order valence-corrected chi connectivity index (χ1v) is 20.7. The summed E-state index contributed by atoms with van der Waals surface area (Å²) >= 11 is 0. The van der Waals surface area contributed by atoms with Gasteiger partial charge in [-0.1, -0.05) is 135 Å². The molecule has 8 aromatic rings. The van der Waals surface area contributed by atoms with Gasteiger partial charge >= 0.3 is 0 Å². The molecule has 3 heterocycles. The number of rotatable bonds is 2. The Morgan fingerprint density at radius 3 is 2.14 bits per heavy atom. The quantitative estimate of drug-likeness (QED) is 0.165. The molecule has 7 aromatic carbocycles. The normalized spacial score (nSPS) is 26.0. The van der Waals surface area contributed by atoms with Crippen molar-refractivity contribution in [2.45, 2.75) is 44.1 Å². The highest BCUT2D eigenvalue weighted by atomic mass is 16.5. The molecule has 5 aliphatic rings. The van der Waals surface area contributed by atoms with Crippen LogP contribution in [-0.2, 0) is 10.8 Å². The van der Waals surface area contributed by atoms with Crippen LogP contribution in [0.25, 0.3) is 43.8 Å². The SMILES string of the molecule is CC1C2=C3C(C)C4=C1C(C)(c1ccccc1)C=CC4(C)N(c1ccc4oc5ccccc5c4c1)c1ccc4c(c1)C3(c1ccccc1O2)c1ccc2ccccc2c1-4. The lowest BCUT2D eigenvalue weighted by Crippen LogP contribution is -2.53. The van der Waals surface area contributed by atoms with Crippen LogP contribution < -0.4 is 9.64 Å². The van der Waals surface area contributed by atoms with E-state index in [4.69, 9.17) is 9.15 Å². The van der Waals surface area contributed by atoms with Crippen LogP contribution in [0.15, 0.2) is 191 Å². The fraction of sp³-hybridized carbons (Fsp3) is 0.164. The molecule has 5 unspecified atom stereocenters. The van der Waals surface area contributed by atoms with Crippen LogP contribution in [0.1, 0.15) is 49.9 Å². The van der Waals surface area contributed by atoms with Gasteiger partial charge in [0.05, 0.1) is 11.0 Å². The zero-order chi connectivity index (χ0) is 38.7. The molecule has 58 heavy (non-hydrogen) atoms. The Balaban J connectivity index is 1.21. The van der Waals surface area contributed by atoms with E-state index in [1.807, 2.05) is 0 Å². The summed E-state index contributed by atoms with van der Waals surface area (Å²) in [6, 6.07) is 56.2. The highest BCUT2D eigenvalue weighted by Crippen LogP contribution is 2.69. The minimum absolute atomic E-state index is 0.00692. The van der Waals surface area contributed by atoms with Gasteiger partial charge in [-0.2, -0.15) is 0 Å². The van der Waals surface area contributed by atoms with E-state index >= 15 is 0 Å². The Bertz CT molecular complexity index is 3240. The van der Waals surface area contributed by atoms with E-state index in [-0.39, 0.29) is 17.3 Å². The molecule has 3 heteroatoms. The number of para-hydroxylation sites is 2. The summed E-state index contributed by atoms with van der Waals surface area (Å²) in [6.45, 7) is 9.78. The van der Waals surface area contributed by atoms with Crippen LogP contribution in [0.3, 0.4) is 0 Å². The predicted molar refractivity (Wildman–Crippen MR) is 236 cm³/mol. The molecule has 2 aliphatic heterocycles. The van der Waals surface area contributed by atoms with Gasteiger partial charge in [0, 0.05) is 45.0 Å². The third kappa shape index (κ3) is 3.72. The number of ether oxygens (including phenoxy) is 1. The number of hydrogen-bond donors (Lipinski definition) is 0. The van der Waals surface area contributed by atoms with E-state index in [0.717, 1.165) is 39.1 Å². The molecule has 0 N–H and O–H groups in total. The van der Waals surface area contributed by atoms with E-state index in [1.54, 1.807) is 0 Å². The van der Waals surface area contributed by atoms with Crippen molar-refractivity contribution in [2.24, 2.45) is 11.8 Å². The van der Waals surface area contributed by atoms with Gasteiger partial charge in [0.2, 0.25) is 0 Å². The Kier molecular flexibility index (Phi) is 6.09. The number of hydrogen-bond acceptors (Lipinski definition) is 3. The van der Waals surface area contributed by atoms with Crippen molar-refractivity contribution in [3.8, 4) is 16.9 Å². The number of furan rings is 1. The second kappa shape index (κ2) is 10.9. The molecule has 3 nitrogen and oxygen atoms in total. The lowest BCUT2D eigenvalue weighted by Gasteiger charge is -2.56. The molecule has 1 spiro atoms. The zero-order valence-electron chi connectivity index (χ0n) is 33.0. The maximum Gasteiger partial charge on any atom is 0.135 e. The van der Waals surface area contributed by atoms with Crippen LogP contribution in [0, 0.1) is 11.8 Å². The van der Waals surface area contributed by atoms with Crippen LogP contribution in [0.5, 0.6) is 5.75 Å². The Hall–Kier alpha value is -6.58. The van der Waals surface area contributed by atoms with Crippen LogP contribution >= 0.6 is 0 Å². The molecule has 278 valence electrons. The van der Waals surface area contributed by atoms with Crippen molar-refractivity contribution in [3.63, 3.8) is 0 Å². The maximum atomic E-state index is 7.38. The zero-order valence-corrected chi connectivity index (χ0v) is 33.0. The fourth-order valence-corrected chi connectivity index (χ4v) is 12.5. The van der Waals surface area contributed by atoms with Gasteiger partial charge in [0.25, 0.3) is 0 Å². The van der Waals surface area contributed by atoms with Gasteiger partial charge in [-0.05, 0) is 112 Å². The number of allylic oxidation sites excluding steroid dienone is 3. The summed E-state index contributed by atoms with van der Waals surface area (Å²) < 4.78 is 13.8. The lowest BCUT2D eigenvalue weighted by molar-refractivity contribution is 0.296. The third-order valence-electron chi connectivity index (χ3n) is 14.7. The number of nitrogens with zero attached hydrogens (tertiary/aromatic N) is 1. The Morgan fingerprint density at radius 1 is 0.534 bits per heavy atom.